The van der Waals surface area contributed by atoms with Gasteiger partial charge in [0.25, 0.3) is 0 Å². The van der Waals surface area contributed by atoms with Gasteiger partial charge < -0.3 is 20.1 Å². The first kappa shape index (κ1) is 22.7. The second-order valence-electron chi connectivity index (χ2n) is 7.69. The maximum atomic E-state index is 5.51. The third-order valence-corrected chi connectivity index (χ3v) is 4.99. The van der Waals surface area contributed by atoms with E-state index in [1.165, 1.54) is 17.5 Å². The third-order valence-electron chi connectivity index (χ3n) is 4.99. The Morgan fingerprint density at radius 2 is 1.82 bits per heavy atom. The van der Waals surface area contributed by atoms with Crippen molar-refractivity contribution in [1.82, 2.24) is 15.5 Å². The predicted molar refractivity (Wildman–Crippen MR) is 116 cm³/mol. The second kappa shape index (κ2) is 12.8. The Bertz CT molecular complexity index is 568. The van der Waals surface area contributed by atoms with Crippen LogP contribution in [-0.2, 0) is 22.6 Å². The van der Waals surface area contributed by atoms with Gasteiger partial charge in [-0.1, -0.05) is 38.1 Å². The van der Waals surface area contributed by atoms with E-state index in [1.54, 1.807) is 0 Å². The Morgan fingerprint density at radius 3 is 2.43 bits per heavy atom. The highest BCUT2D eigenvalue weighted by Crippen LogP contribution is 2.13. The molecule has 1 aliphatic rings. The minimum atomic E-state index is 0.500. The monoisotopic (exact) mass is 390 g/mol. The van der Waals surface area contributed by atoms with Crippen LogP contribution in [0.1, 0.15) is 38.3 Å². The molecule has 2 N–H and O–H groups in total. The number of nitrogens with one attached hydrogen (secondary N) is 2. The summed E-state index contributed by atoms with van der Waals surface area (Å²) in [6, 6.07) is 9.04. The lowest BCUT2D eigenvalue weighted by Crippen LogP contribution is -2.50. The minimum Gasteiger partial charge on any atom is -0.379 e. The summed E-state index contributed by atoms with van der Waals surface area (Å²) < 4.78 is 11.0. The van der Waals surface area contributed by atoms with Crippen molar-refractivity contribution in [3.05, 3.63) is 35.4 Å². The van der Waals surface area contributed by atoms with Gasteiger partial charge in [0.2, 0.25) is 0 Å². The maximum Gasteiger partial charge on any atom is 0.191 e. The van der Waals surface area contributed by atoms with Crippen molar-refractivity contribution in [3.63, 3.8) is 0 Å². The van der Waals surface area contributed by atoms with Gasteiger partial charge in [-0.25, -0.2) is 0 Å². The van der Waals surface area contributed by atoms with Crippen molar-refractivity contribution >= 4 is 5.96 Å². The summed E-state index contributed by atoms with van der Waals surface area (Å²) in [4.78, 5) is 6.93. The summed E-state index contributed by atoms with van der Waals surface area (Å²) in [5.41, 5.74) is 2.44. The highest BCUT2D eigenvalue weighted by Gasteiger charge is 2.22. The van der Waals surface area contributed by atoms with Crippen molar-refractivity contribution in [2.24, 2.45) is 10.9 Å². The van der Waals surface area contributed by atoms with Gasteiger partial charge in [0.1, 0.15) is 0 Å². The fourth-order valence-electron chi connectivity index (χ4n) is 3.44. The summed E-state index contributed by atoms with van der Waals surface area (Å²) in [6.07, 6.45) is 1.17. The van der Waals surface area contributed by atoms with Gasteiger partial charge >= 0.3 is 0 Å². The van der Waals surface area contributed by atoms with E-state index in [-0.39, 0.29) is 0 Å². The van der Waals surface area contributed by atoms with Crippen molar-refractivity contribution in [1.29, 1.82) is 0 Å². The highest BCUT2D eigenvalue weighted by molar-refractivity contribution is 5.79. The van der Waals surface area contributed by atoms with E-state index in [9.17, 15) is 0 Å². The molecular weight excluding hydrogens is 352 g/mol. The average Bonchev–Trinajstić information content (AvgIpc) is 2.72. The Balaban J connectivity index is 1.81. The Morgan fingerprint density at radius 1 is 1.14 bits per heavy atom. The molecule has 6 heteroatoms. The summed E-state index contributed by atoms with van der Waals surface area (Å²) in [7, 11) is 1.83. The van der Waals surface area contributed by atoms with Crippen LogP contribution in [-0.4, -0.2) is 63.4 Å². The lowest BCUT2D eigenvalue weighted by molar-refractivity contribution is 0.0132. The smallest absolute Gasteiger partial charge is 0.191 e. The maximum absolute atomic E-state index is 5.51. The zero-order chi connectivity index (χ0) is 20.2. The number of rotatable bonds is 10. The molecule has 0 aromatic heterocycles. The van der Waals surface area contributed by atoms with E-state index in [4.69, 9.17) is 9.47 Å². The first-order valence-electron chi connectivity index (χ1n) is 10.5. The van der Waals surface area contributed by atoms with Gasteiger partial charge in [0.05, 0.1) is 19.8 Å². The number of morpholine rings is 1. The summed E-state index contributed by atoms with van der Waals surface area (Å²) in [5.74, 6) is 1.51. The van der Waals surface area contributed by atoms with E-state index in [2.05, 4.69) is 58.6 Å². The van der Waals surface area contributed by atoms with E-state index < -0.39 is 0 Å². The number of benzene rings is 1. The molecule has 0 radical (unpaired) electrons. The number of aliphatic imine (C=N–C) groups is 1. The fraction of sp³-hybridized carbons (Fsp3) is 0.682. The molecule has 1 atom stereocenters. The number of guanidine groups is 1. The van der Waals surface area contributed by atoms with E-state index in [0.29, 0.717) is 18.6 Å². The largest absolute Gasteiger partial charge is 0.379 e. The van der Waals surface area contributed by atoms with E-state index >= 15 is 0 Å². The summed E-state index contributed by atoms with van der Waals surface area (Å²) in [5, 5.41) is 6.94. The molecule has 28 heavy (non-hydrogen) atoms. The molecule has 0 amide bonds. The number of hydrogen-bond acceptors (Lipinski definition) is 4. The Hall–Kier alpha value is -1.63. The Kier molecular flexibility index (Phi) is 10.3. The van der Waals surface area contributed by atoms with Gasteiger partial charge in [-0.2, -0.15) is 0 Å². The highest BCUT2D eigenvalue weighted by atomic mass is 16.5. The van der Waals surface area contributed by atoms with Gasteiger partial charge in [-0.3, -0.25) is 9.89 Å². The number of ether oxygens (including phenoxy) is 2. The van der Waals surface area contributed by atoms with E-state index in [0.717, 1.165) is 52.0 Å². The van der Waals surface area contributed by atoms with Crippen molar-refractivity contribution in [3.8, 4) is 0 Å². The molecule has 0 spiro atoms. The molecular formula is C22H38N4O2. The zero-order valence-corrected chi connectivity index (χ0v) is 18.0. The fourth-order valence-corrected chi connectivity index (χ4v) is 3.44. The van der Waals surface area contributed by atoms with Crippen molar-refractivity contribution in [2.75, 3.05) is 46.5 Å². The molecule has 1 heterocycles. The van der Waals surface area contributed by atoms with Crippen LogP contribution >= 0.6 is 0 Å². The topological polar surface area (TPSA) is 58.1 Å². The lowest BCUT2D eigenvalue weighted by atomic mass is 10.0. The molecule has 0 saturated carbocycles. The molecule has 0 bridgehead atoms. The first-order chi connectivity index (χ1) is 13.6. The van der Waals surface area contributed by atoms with Crippen LogP contribution in [0.15, 0.2) is 29.3 Å². The normalized spacial score (nSPS) is 17.0. The van der Waals surface area contributed by atoms with Crippen LogP contribution in [0.4, 0.5) is 0 Å². The van der Waals surface area contributed by atoms with Crippen LogP contribution in [0.25, 0.3) is 0 Å². The van der Waals surface area contributed by atoms with Crippen LogP contribution in [0.3, 0.4) is 0 Å². The van der Waals surface area contributed by atoms with Gasteiger partial charge in [-0.05, 0) is 30.4 Å². The molecule has 6 nitrogen and oxygen atoms in total. The molecule has 1 aromatic rings. The first-order valence-corrected chi connectivity index (χ1v) is 10.5. The van der Waals surface area contributed by atoms with Crippen LogP contribution in [0, 0.1) is 5.92 Å². The Labute approximate surface area is 170 Å². The van der Waals surface area contributed by atoms with Gasteiger partial charge in [0.15, 0.2) is 5.96 Å². The van der Waals surface area contributed by atoms with Crippen LogP contribution in [0.5, 0.6) is 0 Å². The zero-order valence-electron chi connectivity index (χ0n) is 18.0. The minimum absolute atomic E-state index is 0.500. The van der Waals surface area contributed by atoms with Gasteiger partial charge in [0, 0.05) is 45.9 Å². The standard InChI is InChI=1S/C22H38N4O2/c1-5-27-17-20-8-6-19(7-9-20)15-24-22(23-4)25-16-21(14-18(2)3)26-10-12-28-13-11-26/h6-9,18,21H,5,10-17H2,1-4H3,(H2,23,24,25). The van der Waals surface area contributed by atoms with Crippen molar-refractivity contribution < 1.29 is 9.47 Å². The van der Waals surface area contributed by atoms with Gasteiger partial charge in [-0.15, -0.1) is 0 Å². The molecule has 1 unspecified atom stereocenters. The van der Waals surface area contributed by atoms with Crippen LogP contribution in [0.2, 0.25) is 0 Å². The number of hydrogen-bond donors (Lipinski definition) is 2. The van der Waals surface area contributed by atoms with Crippen molar-refractivity contribution in [2.45, 2.75) is 46.4 Å². The molecule has 1 fully saturated rings. The molecule has 0 aliphatic carbocycles. The summed E-state index contributed by atoms with van der Waals surface area (Å²) in [6.45, 7) is 13.3. The SMILES string of the molecule is CCOCc1ccc(CNC(=NC)NCC(CC(C)C)N2CCOCC2)cc1. The van der Waals surface area contributed by atoms with E-state index in [1.807, 2.05) is 14.0 Å². The lowest BCUT2D eigenvalue weighted by Gasteiger charge is -2.35. The predicted octanol–water partition coefficient (Wildman–Crippen LogP) is 2.64. The molecule has 1 saturated heterocycles. The summed E-state index contributed by atoms with van der Waals surface area (Å²) >= 11 is 0. The third kappa shape index (κ3) is 8.17. The molecule has 1 aliphatic heterocycles. The average molecular weight is 391 g/mol. The molecule has 1 aromatic carbocycles. The quantitative estimate of drug-likeness (QED) is 0.475. The second-order valence-corrected chi connectivity index (χ2v) is 7.69. The molecule has 2 rings (SSSR count). The van der Waals surface area contributed by atoms with Crippen LogP contribution < -0.4 is 10.6 Å². The molecule has 158 valence electrons. The number of nitrogens with zero attached hydrogens (tertiary/aromatic N) is 2.